The third-order valence-electron chi connectivity index (χ3n) is 4.99. The fraction of sp³-hybridized carbons (Fsp3) is 0.667. The van der Waals surface area contributed by atoms with Gasteiger partial charge in [-0.25, -0.2) is 0 Å². The summed E-state index contributed by atoms with van der Waals surface area (Å²) >= 11 is 0. The van der Waals surface area contributed by atoms with Crippen molar-refractivity contribution >= 4 is 0 Å². The molecule has 2 unspecified atom stereocenters. The number of hydrogen-bond donors (Lipinski definition) is 1. The van der Waals surface area contributed by atoms with Crippen LogP contribution in [0, 0.1) is 11.8 Å². The zero-order valence-corrected chi connectivity index (χ0v) is 12.9. The van der Waals surface area contributed by atoms with Crippen LogP contribution < -0.4 is 10.5 Å². The predicted molar refractivity (Wildman–Crippen MR) is 84.7 cm³/mol. The molecule has 2 N–H and O–H groups in total. The van der Waals surface area contributed by atoms with E-state index < -0.39 is 0 Å². The van der Waals surface area contributed by atoms with E-state index in [4.69, 9.17) is 15.2 Å². The number of rotatable bonds is 6. The Bertz CT molecular complexity index is 461. The first-order valence-corrected chi connectivity index (χ1v) is 8.39. The lowest BCUT2D eigenvalue weighted by Crippen LogP contribution is -2.30. The molecular weight excluding hydrogens is 262 g/mol. The topological polar surface area (TPSA) is 44.5 Å². The lowest BCUT2D eigenvalue weighted by Gasteiger charge is -2.30. The Kier molecular flexibility index (Phi) is 5.15. The summed E-state index contributed by atoms with van der Waals surface area (Å²) in [4.78, 5) is 0. The van der Waals surface area contributed by atoms with Crippen molar-refractivity contribution in [3.8, 4) is 5.75 Å². The van der Waals surface area contributed by atoms with E-state index in [2.05, 4.69) is 18.2 Å². The Labute approximate surface area is 127 Å². The second-order valence-electron chi connectivity index (χ2n) is 6.41. The first kappa shape index (κ1) is 14.9. The van der Waals surface area contributed by atoms with Gasteiger partial charge in [0.05, 0.1) is 13.2 Å². The van der Waals surface area contributed by atoms with Gasteiger partial charge in [0.25, 0.3) is 0 Å². The van der Waals surface area contributed by atoms with Crippen LogP contribution in [0.25, 0.3) is 0 Å². The fourth-order valence-corrected chi connectivity index (χ4v) is 3.63. The van der Waals surface area contributed by atoms with Crippen molar-refractivity contribution in [3.05, 3.63) is 29.3 Å². The standard InChI is InChI=1S/C18H27NO2/c19-12-16-3-1-2-4-17(16)13-20-9-7-14-5-6-18-15(11-14)8-10-21-18/h5-6,11,16-17H,1-4,7-10,12-13,19H2. The van der Waals surface area contributed by atoms with E-state index in [1.807, 2.05) is 0 Å². The van der Waals surface area contributed by atoms with Gasteiger partial charge in [-0.3, -0.25) is 0 Å². The van der Waals surface area contributed by atoms with Crippen LogP contribution >= 0.6 is 0 Å². The van der Waals surface area contributed by atoms with Gasteiger partial charge in [-0.05, 0) is 54.8 Å². The third-order valence-corrected chi connectivity index (χ3v) is 4.99. The van der Waals surface area contributed by atoms with Crippen LogP contribution in [-0.4, -0.2) is 26.4 Å². The minimum atomic E-state index is 0.677. The molecule has 1 saturated carbocycles. The van der Waals surface area contributed by atoms with Crippen LogP contribution in [0.4, 0.5) is 0 Å². The van der Waals surface area contributed by atoms with Crippen LogP contribution in [0.2, 0.25) is 0 Å². The van der Waals surface area contributed by atoms with Crippen molar-refractivity contribution in [3.63, 3.8) is 0 Å². The number of benzene rings is 1. The minimum Gasteiger partial charge on any atom is -0.493 e. The van der Waals surface area contributed by atoms with Crippen LogP contribution in [-0.2, 0) is 17.6 Å². The van der Waals surface area contributed by atoms with Crippen molar-refractivity contribution in [2.24, 2.45) is 17.6 Å². The lowest BCUT2D eigenvalue weighted by atomic mass is 9.80. The maximum Gasteiger partial charge on any atom is 0.122 e. The maximum absolute atomic E-state index is 5.94. The Morgan fingerprint density at radius 2 is 2.05 bits per heavy atom. The first-order valence-electron chi connectivity index (χ1n) is 8.39. The summed E-state index contributed by atoms with van der Waals surface area (Å²) in [7, 11) is 0. The summed E-state index contributed by atoms with van der Waals surface area (Å²) in [6.45, 7) is 3.35. The zero-order chi connectivity index (χ0) is 14.5. The van der Waals surface area contributed by atoms with E-state index >= 15 is 0 Å². The van der Waals surface area contributed by atoms with Crippen LogP contribution in [0.1, 0.15) is 36.8 Å². The van der Waals surface area contributed by atoms with Gasteiger partial charge in [0.2, 0.25) is 0 Å². The van der Waals surface area contributed by atoms with Gasteiger partial charge < -0.3 is 15.2 Å². The minimum absolute atomic E-state index is 0.677. The van der Waals surface area contributed by atoms with Gasteiger partial charge in [0.1, 0.15) is 5.75 Å². The highest BCUT2D eigenvalue weighted by molar-refractivity contribution is 5.39. The molecule has 1 aromatic carbocycles. The number of fused-ring (bicyclic) bond motifs is 1. The van der Waals surface area contributed by atoms with Crippen LogP contribution in [0.5, 0.6) is 5.75 Å². The normalized spacial score (nSPS) is 24.6. The summed E-state index contributed by atoms with van der Waals surface area (Å²) in [6, 6.07) is 6.54. The van der Waals surface area contributed by atoms with Crippen LogP contribution in [0.15, 0.2) is 18.2 Å². The van der Waals surface area contributed by atoms with Crippen molar-refractivity contribution < 1.29 is 9.47 Å². The fourth-order valence-electron chi connectivity index (χ4n) is 3.63. The highest BCUT2D eigenvalue weighted by Crippen LogP contribution is 2.29. The van der Waals surface area contributed by atoms with Crippen molar-refractivity contribution in [2.75, 3.05) is 26.4 Å². The SMILES string of the molecule is NCC1CCCCC1COCCc1ccc2c(c1)CCO2. The number of hydrogen-bond acceptors (Lipinski definition) is 3. The molecule has 1 heterocycles. The Morgan fingerprint density at radius 1 is 1.19 bits per heavy atom. The summed E-state index contributed by atoms with van der Waals surface area (Å²) in [5.74, 6) is 2.42. The quantitative estimate of drug-likeness (QED) is 0.819. The second kappa shape index (κ2) is 7.28. The van der Waals surface area contributed by atoms with Gasteiger partial charge in [0, 0.05) is 13.0 Å². The molecule has 21 heavy (non-hydrogen) atoms. The van der Waals surface area contributed by atoms with Crippen molar-refractivity contribution in [1.82, 2.24) is 0 Å². The molecule has 3 nitrogen and oxygen atoms in total. The average molecular weight is 289 g/mol. The molecule has 1 aromatic rings. The monoisotopic (exact) mass is 289 g/mol. The largest absolute Gasteiger partial charge is 0.493 e. The predicted octanol–water partition coefficient (Wildman–Crippen LogP) is 2.95. The molecule has 0 saturated heterocycles. The molecule has 0 spiro atoms. The second-order valence-corrected chi connectivity index (χ2v) is 6.41. The number of nitrogens with two attached hydrogens (primary N) is 1. The van der Waals surface area contributed by atoms with Gasteiger partial charge in [-0.1, -0.05) is 25.0 Å². The van der Waals surface area contributed by atoms with Gasteiger partial charge in [0.15, 0.2) is 0 Å². The van der Waals surface area contributed by atoms with E-state index in [1.165, 1.54) is 36.8 Å². The summed E-state index contributed by atoms with van der Waals surface area (Å²) in [6.07, 6.45) is 7.30. The molecule has 1 aliphatic heterocycles. The molecule has 1 aliphatic carbocycles. The molecule has 2 atom stereocenters. The molecule has 0 aromatic heterocycles. The summed E-state index contributed by atoms with van der Waals surface area (Å²) < 4.78 is 11.5. The van der Waals surface area contributed by atoms with Gasteiger partial charge >= 0.3 is 0 Å². The van der Waals surface area contributed by atoms with Crippen LogP contribution in [0.3, 0.4) is 0 Å². The molecule has 116 valence electrons. The number of ether oxygens (including phenoxy) is 2. The smallest absolute Gasteiger partial charge is 0.122 e. The lowest BCUT2D eigenvalue weighted by molar-refractivity contribution is 0.0628. The van der Waals surface area contributed by atoms with Gasteiger partial charge in [-0.15, -0.1) is 0 Å². The first-order chi connectivity index (χ1) is 10.4. The molecule has 1 fully saturated rings. The average Bonchev–Trinajstić information content (AvgIpc) is 2.99. The Morgan fingerprint density at radius 3 is 2.90 bits per heavy atom. The molecular formula is C18H27NO2. The molecule has 0 bridgehead atoms. The van der Waals surface area contributed by atoms with E-state index in [9.17, 15) is 0 Å². The van der Waals surface area contributed by atoms with E-state index in [1.54, 1.807) is 0 Å². The van der Waals surface area contributed by atoms with E-state index in [0.717, 1.165) is 45.0 Å². The highest BCUT2D eigenvalue weighted by atomic mass is 16.5. The Hall–Kier alpha value is -1.06. The zero-order valence-electron chi connectivity index (χ0n) is 12.9. The summed E-state index contributed by atoms with van der Waals surface area (Å²) in [5, 5.41) is 0. The molecule has 2 aliphatic rings. The van der Waals surface area contributed by atoms with E-state index in [0.29, 0.717) is 11.8 Å². The molecule has 0 radical (unpaired) electrons. The Balaban J connectivity index is 1.41. The van der Waals surface area contributed by atoms with Gasteiger partial charge in [-0.2, -0.15) is 0 Å². The molecule has 0 amide bonds. The maximum atomic E-state index is 5.94. The molecule has 3 rings (SSSR count). The molecule has 3 heteroatoms. The summed E-state index contributed by atoms with van der Waals surface area (Å²) in [5.41, 5.74) is 8.58. The highest BCUT2D eigenvalue weighted by Gasteiger charge is 2.23. The third kappa shape index (κ3) is 3.78. The van der Waals surface area contributed by atoms with E-state index in [-0.39, 0.29) is 0 Å². The van der Waals surface area contributed by atoms with Crippen molar-refractivity contribution in [2.45, 2.75) is 38.5 Å². The van der Waals surface area contributed by atoms with Crippen molar-refractivity contribution in [1.29, 1.82) is 0 Å².